The SMILES string of the molecule is Cc1cc(N2CCN(C)CC2)ccc1NC(=O)Cc1ccc(-c2ccccc2)cc1. The maximum atomic E-state index is 12.6. The Hall–Kier alpha value is -3.11. The number of hydrogen-bond acceptors (Lipinski definition) is 3. The Balaban J connectivity index is 1.37. The molecule has 1 aliphatic heterocycles. The Kier molecular flexibility index (Phi) is 6.15. The van der Waals surface area contributed by atoms with E-state index in [0.29, 0.717) is 6.42 Å². The predicted molar refractivity (Wildman–Crippen MR) is 125 cm³/mol. The summed E-state index contributed by atoms with van der Waals surface area (Å²) in [6, 6.07) is 24.8. The van der Waals surface area contributed by atoms with Crippen molar-refractivity contribution in [1.82, 2.24) is 4.90 Å². The molecule has 4 nitrogen and oxygen atoms in total. The smallest absolute Gasteiger partial charge is 0.228 e. The number of amides is 1. The summed E-state index contributed by atoms with van der Waals surface area (Å²) in [5.41, 5.74) is 6.58. The lowest BCUT2D eigenvalue weighted by Crippen LogP contribution is -2.44. The molecule has 0 aliphatic carbocycles. The second-order valence-corrected chi connectivity index (χ2v) is 8.08. The first-order valence-electron chi connectivity index (χ1n) is 10.6. The standard InChI is InChI=1S/C26H29N3O/c1-20-18-24(29-16-14-28(2)15-17-29)12-13-25(20)27-26(30)19-21-8-10-23(11-9-21)22-6-4-3-5-7-22/h3-13,18H,14-17,19H2,1-2H3,(H,27,30). The molecule has 0 bridgehead atoms. The van der Waals surface area contributed by atoms with E-state index >= 15 is 0 Å². The van der Waals surface area contributed by atoms with Gasteiger partial charge >= 0.3 is 0 Å². The van der Waals surface area contributed by atoms with E-state index in [1.165, 1.54) is 11.3 Å². The Morgan fingerprint density at radius 2 is 1.53 bits per heavy atom. The topological polar surface area (TPSA) is 35.6 Å². The molecule has 1 fully saturated rings. The molecule has 1 aliphatic rings. The van der Waals surface area contributed by atoms with E-state index in [9.17, 15) is 4.79 Å². The number of aryl methyl sites for hydroxylation is 1. The summed E-state index contributed by atoms with van der Waals surface area (Å²) in [5.74, 6) is 0.0120. The van der Waals surface area contributed by atoms with E-state index < -0.39 is 0 Å². The first-order chi connectivity index (χ1) is 14.6. The van der Waals surface area contributed by atoms with Crippen molar-refractivity contribution in [2.45, 2.75) is 13.3 Å². The predicted octanol–water partition coefficient (Wildman–Crippen LogP) is 4.60. The van der Waals surface area contributed by atoms with Crippen LogP contribution in [-0.4, -0.2) is 44.0 Å². The van der Waals surface area contributed by atoms with E-state index in [2.05, 4.69) is 65.5 Å². The van der Waals surface area contributed by atoms with Crippen LogP contribution in [0.1, 0.15) is 11.1 Å². The molecule has 4 heteroatoms. The van der Waals surface area contributed by atoms with Crippen LogP contribution in [0.25, 0.3) is 11.1 Å². The minimum absolute atomic E-state index is 0.0120. The van der Waals surface area contributed by atoms with Crippen LogP contribution in [0.5, 0.6) is 0 Å². The van der Waals surface area contributed by atoms with Crippen molar-refractivity contribution >= 4 is 17.3 Å². The average Bonchev–Trinajstić information content (AvgIpc) is 2.77. The van der Waals surface area contributed by atoms with Gasteiger partial charge in [0.15, 0.2) is 0 Å². The molecule has 3 aromatic carbocycles. The molecule has 154 valence electrons. The van der Waals surface area contributed by atoms with Crippen molar-refractivity contribution in [2.75, 3.05) is 43.4 Å². The molecule has 1 saturated heterocycles. The van der Waals surface area contributed by atoms with E-state index in [4.69, 9.17) is 0 Å². The van der Waals surface area contributed by atoms with Crippen LogP contribution in [0, 0.1) is 6.92 Å². The van der Waals surface area contributed by atoms with Gasteiger partial charge in [0.2, 0.25) is 5.91 Å². The van der Waals surface area contributed by atoms with E-state index in [-0.39, 0.29) is 5.91 Å². The number of piperazine rings is 1. The molecular weight excluding hydrogens is 370 g/mol. The molecule has 0 radical (unpaired) electrons. The van der Waals surface area contributed by atoms with E-state index in [0.717, 1.165) is 48.6 Å². The fraction of sp³-hybridized carbons (Fsp3) is 0.269. The summed E-state index contributed by atoms with van der Waals surface area (Å²) in [6.07, 6.45) is 0.370. The van der Waals surface area contributed by atoms with Crippen LogP contribution in [0.15, 0.2) is 72.8 Å². The van der Waals surface area contributed by atoms with Gasteiger partial charge in [-0.15, -0.1) is 0 Å². The number of anilines is 2. The van der Waals surface area contributed by atoms with Crippen molar-refractivity contribution in [2.24, 2.45) is 0 Å². The number of benzene rings is 3. The van der Waals surface area contributed by atoms with Gasteiger partial charge in [0, 0.05) is 37.6 Å². The summed E-state index contributed by atoms with van der Waals surface area (Å²) >= 11 is 0. The Morgan fingerprint density at radius 3 is 2.20 bits per heavy atom. The lowest BCUT2D eigenvalue weighted by atomic mass is 10.0. The number of carbonyl (C=O) groups is 1. The van der Waals surface area contributed by atoms with Gasteiger partial charge in [-0.3, -0.25) is 4.79 Å². The minimum Gasteiger partial charge on any atom is -0.369 e. The number of rotatable bonds is 5. The molecule has 3 aromatic rings. The zero-order valence-corrected chi connectivity index (χ0v) is 17.8. The zero-order valence-electron chi connectivity index (χ0n) is 17.8. The summed E-state index contributed by atoms with van der Waals surface area (Å²) in [4.78, 5) is 17.3. The molecule has 1 N–H and O–H groups in total. The molecular formula is C26H29N3O. The molecule has 0 saturated carbocycles. The summed E-state index contributed by atoms with van der Waals surface area (Å²) in [7, 11) is 2.16. The number of hydrogen-bond donors (Lipinski definition) is 1. The van der Waals surface area contributed by atoms with Crippen LogP contribution >= 0.6 is 0 Å². The first-order valence-corrected chi connectivity index (χ1v) is 10.6. The highest BCUT2D eigenvalue weighted by molar-refractivity contribution is 5.93. The Morgan fingerprint density at radius 1 is 0.867 bits per heavy atom. The van der Waals surface area contributed by atoms with Crippen LogP contribution < -0.4 is 10.2 Å². The maximum Gasteiger partial charge on any atom is 0.228 e. The normalized spacial score (nSPS) is 14.5. The van der Waals surface area contributed by atoms with Crippen molar-refractivity contribution in [1.29, 1.82) is 0 Å². The number of nitrogens with zero attached hydrogens (tertiary/aromatic N) is 2. The maximum absolute atomic E-state index is 12.6. The Bertz CT molecular complexity index is 991. The molecule has 4 rings (SSSR count). The van der Waals surface area contributed by atoms with E-state index in [1.807, 2.05) is 36.4 Å². The molecule has 30 heavy (non-hydrogen) atoms. The van der Waals surface area contributed by atoms with Gasteiger partial charge < -0.3 is 15.1 Å². The molecule has 0 unspecified atom stereocenters. The lowest BCUT2D eigenvalue weighted by molar-refractivity contribution is -0.115. The molecule has 1 amide bonds. The second-order valence-electron chi connectivity index (χ2n) is 8.08. The van der Waals surface area contributed by atoms with Crippen LogP contribution in [-0.2, 0) is 11.2 Å². The summed E-state index contributed by atoms with van der Waals surface area (Å²) < 4.78 is 0. The van der Waals surface area contributed by atoms with Crippen molar-refractivity contribution < 1.29 is 4.79 Å². The third-order valence-electron chi connectivity index (χ3n) is 5.78. The van der Waals surface area contributed by atoms with Gasteiger partial charge in [-0.2, -0.15) is 0 Å². The quantitative estimate of drug-likeness (QED) is 0.681. The van der Waals surface area contributed by atoms with Gasteiger partial charge in [0.25, 0.3) is 0 Å². The molecule has 0 atom stereocenters. The third kappa shape index (κ3) is 4.89. The van der Waals surface area contributed by atoms with E-state index in [1.54, 1.807) is 0 Å². The van der Waals surface area contributed by atoms with Crippen molar-refractivity contribution in [3.05, 3.63) is 83.9 Å². The lowest BCUT2D eigenvalue weighted by Gasteiger charge is -2.34. The number of carbonyl (C=O) groups excluding carboxylic acids is 1. The van der Waals surface area contributed by atoms with Crippen LogP contribution in [0.4, 0.5) is 11.4 Å². The molecule has 0 aromatic heterocycles. The molecule has 1 heterocycles. The van der Waals surface area contributed by atoms with Crippen LogP contribution in [0.3, 0.4) is 0 Å². The number of likely N-dealkylation sites (N-methyl/N-ethyl adjacent to an activating group) is 1. The second kappa shape index (κ2) is 9.14. The van der Waals surface area contributed by atoms with Crippen LogP contribution in [0.2, 0.25) is 0 Å². The first kappa shape index (κ1) is 20.2. The highest BCUT2D eigenvalue weighted by Crippen LogP contribution is 2.24. The van der Waals surface area contributed by atoms with Gasteiger partial charge in [0.05, 0.1) is 6.42 Å². The highest BCUT2D eigenvalue weighted by atomic mass is 16.1. The monoisotopic (exact) mass is 399 g/mol. The minimum atomic E-state index is 0.0120. The van der Waals surface area contributed by atoms with Gasteiger partial charge in [-0.05, 0) is 54.4 Å². The van der Waals surface area contributed by atoms with Gasteiger partial charge in [-0.25, -0.2) is 0 Å². The fourth-order valence-corrected chi connectivity index (χ4v) is 3.87. The van der Waals surface area contributed by atoms with Gasteiger partial charge in [0.1, 0.15) is 0 Å². The summed E-state index contributed by atoms with van der Waals surface area (Å²) in [6.45, 7) is 6.31. The number of nitrogens with one attached hydrogen (secondary N) is 1. The zero-order chi connectivity index (χ0) is 20.9. The largest absolute Gasteiger partial charge is 0.369 e. The summed E-state index contributed by atoms with van der Waals surface area (Å²) in [5, 5.41) is 3.08. The van der Waals surface area contributed by atoms with Gasteiger partial charge in [-0.1, -0.05) is 54.6 Å². The highest BCUT2D eigenvalue weighted by Gasteiger charge is 2.15. The Labute approximate surface area is 179 Å². The third-order valence-corrected chi connectivity index (χ3v) is 5.78. The van der Waals surface area contributed by atoms with Crippen molar-refractivity contribution in [3.63, 3.8) is 0 Å². The fourth-order valence-electron chi connectivity index (χ4n) is 3.87. The van der Waals surface area contributed by atoms with Crippen molar-refractivity contribution in [3.8, 4) is 11.1 Å². The average molecular weight is 400 g/mol. The molecule has 0 spiro atoms.